The Balaban J connectivity index is 1.95. The first kappa shape index (κ1) is 17.2. The Morgan fingerprint density at radius 3 is 2.41 bits per heavy atom. The summed E-state index contributed by atoms with van der Waals surface area (Å²) in [7, 11) is 1.61. The maximum Gasteiger partial charge on any atom is 0.264 e. The third kappa shape index (κ3) is 4.41. The van der Waals surface area contributed by atoms with Crippen LogP contribution in [0.25, 0.3) is 0 Å². The molecule has 0 radical (unpaired) electrons. The van der Waals surface area contributed by atoms with Crippen molar-refractivity contribution < 1.29 is 9.59 Å². The summed E-state index contributed by atoms with van der Waals surface area (Å²) >= 11 is 8.03. The van der Waals surface area contributed by atoms with E-state index >= 15 is 0 Å². The van der Waals surface area contributed by atoms with Gasteiger partial charge in [-0.15, -0.1) is 11.3 Å². The van der Waals surface area contributed by atoms with Gasteiger partial charge in [0.25, 0.3) is 5.91 Å². The molecular weight excluding hydrogens is 432 g/mol. The highest BCUT2D eigenvalue weighted by Gasteiger charge is 2.18. The van der Waals surface area contributed by atoms with Crippen molar-refractivity contribution in [1.29, 1.82) is 0 Å². The van der Waals surface area contributed by atoms with Gasteiger partial charge in [-0.25, -0.2) is 0 Å². The van der Waals surface area contributed by atoms with Crippen LogP contribution in [0, 0.1) is 6.92 Å². The molecule has 0 unspecified atom stereocenters. The third-order valence-corrected chi connectivity index (χ3v) is 6.16. The molecule has 0 bridgehead atoms. The van der Waals surface area contributed by atoms with Crippen molar-refractivity contribution in [2.75, 3.05) is 18.9 Å². The number of carbonyl (C=O) groups excluding carboxylic acids is 2. The molecular formula is C15H14Br2N2O2S. The molecule has 7 heteroatoms. The number of amides is 2. The van der Waals surface area contributed by atoms with Crippen LogP contribution in [0.5, 0.6) is 0 Å². The van der Waals surface area contributed by atoms with Gasteiger partial charge in [0.15, 0.2) is 0 Å². The van der Waals surface area contributed by atoms with Gasteiger partial charge in [0, 0.05) is 17.2 Å². The number of nitrogens with zero attached hydrogens (tertiary/aromatic N) is 1. The maximum atomic E-state index is 12.3. The number of halogens is 2. The summed E-state index contributed by atoms with van der Waals surface area (Å²) in [5.74, 6) is -0.412. The lowest BCUT2D eigenvalue weighted by Crippen LogP contribution is -2.34. The van der Waals surface area contributed by atoms with E-state index in [1.165, 1.54) is 16.2 Å². The summed E-state index contributed by atoms with van der Waals surface area (Å²) in [6, 6.07) is 9.26. The van der Waals surface area contributed by atoms with E-state index in [-0.39, 0.29) is 18.4 Å². The molecule has 1 N–H and O–H groups in total. The number of nitrogens with one attached hydrogen (secondary N) is 1. The van der Waals surface area contributed by atoms with E-state index in [0.717, 1.165) is 19.5 Å². The SMILES string of the molecule is Cc1ccc(NC(=O)CN(C)C(=O)c2cc(Br)c(Br)s2)cc1. The van der Waals surface area contributed by atoms with Gasteiger partial charge in [-0.2, -0.15) is 0 Å². The molecule has 0 atom stereocenters. The van der Waals surface area contributed by atoms with Crippen molar-refractivity contribution in [1.82, 2.24) is 4.90 Å². The first-order valence-corrected chi connectivity index (χ1v) is 8.84. The second kappa shape index (κ2) is 7.39. The highest BCUT2D eigenvalue weighted by molar-refractivity contribution is 9.13. The molecule has 0 aliphatic rings. The molecule has 0 spiro atoms. The van der Waals surface area contributed by atoms with Crippen LogP contribution in [0.3, 0.4) is 0 Å². The lowest BCUT2D eigenvalue weighted by Gasteiger charge is -2.16. The van der Waals surface area contributed by atoms with Crippen LogP contribution in [-0.2, 0) is 4.79 Å². The van der Waals surface area contributed by atoms with Crippen LogP contribution in [0.2, 0.25) is 0 Å². The minimum absolute atomic E-state index is 0.000151. The van der Waals surface area contributed by atoms with Gasteiger partial charge in [-0.05, 0) is 57.0 Å². The van der Waals surface area contributed by atoms with Crippen LogP contribution >= 0.6 is 43.2 Å². The third-order valence-electron chi connectivity index (χ3n) is 2.92. The molecule has 0 aliphatic carbocycles. The Kier molecular flexibility index (Phi) is 5.77. The van der Waals surface area contributed by atoms with E-state index in [2.05, 4.69) is 37.2 Å². The molecule has 4 nitrogen and oxygen atoms in total. The Bertz CT molecular complexity index is 679. The van der Waals surface area contributed by atoms with Crippen LogP contribution in [-0.4, -0.2) is 30.3 Å². The zero-order chi connectivity index (χ0) is 16.3. The number of thiophene rings is 1. The van der Waals surface area contributed by atoms with Crippen LogP contribution in [0.1, 0.15) is 15.2 Å². The molecule has 1 heterocycles. The predicted molar refractivity (Wildman–Crippen MR) is 96.5 cm³/mol. The normalized spacial score (nSPS) is 10.4. The summed E-state index contributed by atoms with van der Waals surface area (Å²) in [5.41, 5.74) is 1.84. The Labute approximate surface area is 149 Å². The first-order valence-electron chi connectivity index (χ1n) is 6.43. The second-order valence-corrected chi connectivity index (χ2v) is 8.03. The number of anilines is 1. The first-order chi connectivity index (χ1) is 10.4. The quantitative estimate of drug-likeness (QED) is 0.762. The number of aryl methyl sites for hydroxylation is 1. The maximum absolute atomic E-state index is 12.3. The topological polar surface area (TPSA) is 49.4 Å². The zero-order valence-corrected chi connectivity index (χ0v) is 16.0. The fourth-order valence-electron chi connectivity index (χ4n) is 1.76. The second-order valence-electron chi connectivity index (χ2n) is 4.81. The Hall–Kier alpha value is -1.18. The van der Waals surface area contributed by atoms with Gasteiger partial charge in [0.05, 0.1) is 15.2 Å². The summed E-state index contributed by atoms with van der Waals surface area (Å²) in [6.07, 6.45) is 0. The molecule has 2 amide bonds. The van der Waals surface area contributed by atoms with Crippen molar-refractivity contribution in [3.63, 3.8) is 0 Å². The molecule has 2 aromatic rings. The highest BCUT2D eigenvalue weighted by atomic mass is 79.9. The van der Waals surface area contributed by atoms with E-state index in [1.54, 1.807) is 13.1 Å². The van der Waals surface area contributed by atoms with Crippen LogP contribution < -0.4 is 5.32 Å². The fourth-order valence-corrected chi connectivity index (χ4v) is 3.80. The standard InChI is InChI=1S/C15H14Br2N2O2S/c1-9-3-5-10(6-4-9)18-13(20)8-19(2)15(21)12-7-11(16)14(17)22-12/h3-7H,8H2,1-2H3,(H,18,20). The van der Waals surface area contributed by atoms with E-state index in [9.17, 15) is 9.59 Å². The molecule has 116 valence electrons. The highest BCUT2D eigenvalue weighted by Crippen LogP contribution is 2.32. The smallest absolute Gasteiger partial charge is 0.264 e. The number of carbonyl (C=O) groups is 2. The molecule has 0 aliphatic heterocycles. The lowest BCUT2D eigenvalue weighted by atomic mass is 10.2. The van der Waals surface area contributed by atoms with Gasteiger partial charge in [-0.1, -0.05) is 17.7 Å². The average Bonchev–Trinajstić information content (AvgIpc) is 2.80. The zero-order valence-electron chi connectivity index (χ0n) is 12.0. The van der Waals surface area contributed by atoms with Gasteiger partial charge < -0.3 is 10.2 Å². The molecule has 22 heavy (non-hydrogen) atoms. The summed E-state index contributed by atoms with van der Waals surface area (Å²) < 4.78 is 1.69. The summed E-state index contributed by atoms with van der Waals surface area (Å²) in [4.78, 5) is 26.2. The van der Waals surface area contributed by atoms with Gasteiger partial charge in [0.1, 0.15) is 0 Å². The van der Waals surface area contributed by atoms with Crippen molar-refractivity contribution in [2.24, 2.45) is 0 Å². The van der Waals surface area contributed by atoms with E-state index in [1.807, 2.05) is 31.2 Å². The molecule has 0 saturated heterocycles. The summed E-state index contributed by atoms with van der Waals surface area (Å²) in [5, 5.41) is 2.78. The number of rotatable bonds is 4. The van der Waals surface area contributed by atoms with Gasteiger partial charge in [0.2, 0.25) is 5.91 Å². The van der Waals surface area contributed by atoms with E-state index in [4.69, 9.17) is 0 Å². The van der Waals surface area contributed by atoms with Crippen molar-refractivity contribution >= 4 is 60.7 Å². The van der Waals surface area contributed by atoms with Gasteiger partial charge in [-0.3, -0.25) is 9.59 Å². The Morgan fingerprint density at radius 2 is 1.86 bits per heavy atom. The minimum Gasteiger partial charge on any atom is -0.332 e. The van der Waals surface area contributed by atoms with Crippen LogP contribution in [0.4, 0.5) is 5.69 Å². The predicted octanol–water partition coefficient (Wildman–Crippen LogP) is 4.29. The number of benzene rings is 1. The van der Waals surface area contributed by atoms with Gasteiger partial charge >= 0.3 is 0 Å². The molecule has 2 rings (SSSR count). The van der Waals surface area contributed by atoms with Crippen molar-refractivity contribution in [3.05, 3.63) is 49.0 Å². The van der Waals surface area contributed by atoms with E-state index in [0.29, 0.717) is 4.88 Å². The Morgan fingerprint density at radius 1 is 1.23 bits per heavy atom. The number of hydrogen-bond acceptors (Lipinski definition) is 3. The molecule has 1 aromatic heterocycles. The largest absolute Gasteiger partial charge is 0.332 e. The molecule has 0 fully saturated rings. The monoisotopic (exact) mass is 444 g/mol. The molecule has 1 aromatic carbocycles. The average molecular weight is 446 g/mol. The van der Waals surface area contributed by atoms with Crippen molar-refractivity contribution in [2.45, 2.75) is 6.92 Å². The number of hydrogen-bond donors (Lipinski definition) is 1. The molecule has 0 saturated carbocycles. The van der Waals surface area contributed by atoms with E-state index < -0.39 is 0 Å². The number of likely N-dealkylation sites (N-methyl/N-ethyl adjacent to an activating group) is 1. The van der Waals surface area contributed by atoms with Crippen LogP contribution in [0.15, 0.2) is 38.6 Å². The lowest BCUT2D eigenvalue weighted by molar-refractivity contribution is -0.116. The minimum atomic E-state index is -0.227. The fraction of sp³-hybridized carbons (Fsp3) is 0.200. The summed E-state index contributed by atoms with van der Waals surface area (Å²) in [6.45, 7) is 1.98. The van der Waals surface area contributed by atoms with Crippen molar-refractivity contribution in [3.8, 4) is 0 Å².